The van der Waals surface area contributed by atoms with Crippen molar-refractivity contribution in [2.45, 2.75) is 0 Å². The molecule has 1 N–H and O–H groups in total. The number of thiophene rings is 1. The number of nitrogens with zero attached hydrogens (tertiary/aromatic N) is 3. The Bertz CT molecular complexity index is 720. The van der Waals surface area contributed by atoms with Crippen LogP contribution in [0.4, 0.5) is 5.95 Å². The number of nitrogens with one attached hydrogen (secondary N) is 1. The highest BCUT2D eigenvalue weighted by atomic mass is 79.9. The Balaban J connectivity index is 1.93. The molecular weight excluding hydrogens is 316 g/mol. The maximum Gasteiger partial charge on any atom is 0.269 e. The number of hydrogen-bond donors (Lipinski definition) is 1. The van der Waals surface area contributed by atoms with E-state index in [1.807, 2.05) is 29.6 Å². The fourth-order valence-electron chi connectivity index (χ4n) is 1.54. The fraction of sp³-hybridized carbons (Fsp3) is 0. The molecule has 0 fully saturated rings. The molecule has 18 heavy (non-hydrogen) atoms. The summed E-state index contributed by atoms with van der Waals surface area (Å²) in [5.41, 5.74) is 0.693. The van der Waals surface area contributed by atoms with Gasteiger partial charge in [-0.3, -0.25) is 14.5 Å². The van der Waals surface area contributed by atoms with E-state index in [0.29, 0.717) is 16.5 Å². The van der Waals surface area contributed by atoms with Crippen molar-refractivity contribution in [3.8, 4) is 0 Å². The number of aromatic nitrogens is 3. The smallest absolute Gasteiger partial charge is 0.269 e. The van der Waals surface area contributed by atoms with E-state index < -0.39 is 0 Å². The summed E-state index contributed by atoms with van der Waals surface area (Å²) in [5.74, 6) is 0.214. The topological polar surface area (TPSA) is 59.3 Å². The molecule has 3 aromatic rings. The van der Waals surface area contributed by atoms with Crippen molar-refractivity contribution in [2.75, 3.05) is 5.32 Å². The molecule has 3 rings (SSSR count). The van der Waals surface area contributed by atoms with Gasteiger partial charge >= 0.3 is 0 Å². The first-order valence-electron chi connectivity index (χ1n) is 5.10. The van der Waals surface area contributed by atoms with Crippen LogP contribution in [0.1, 0.15) is 9.67 Å². The second-order valence-electron chi connectivity index (χ2n) is 3.50. The normalized spacial score (nSPS) is 10.7. The molecule has 0 aliphatic heterocycles. The lowest BCUT2D eigenvalue weighted by Gasteiger charge is -2.01. The van der Waals surface area contributed by atoms with Crippen molar-refractivity contribution in [2.24, 2.45) is 0 Å². The fourth-order valence-corrected chi connectivity index (χ4v) is 2.99. The van der Waals surface area contributed by atoms with Crippen LogP contribution < -0.4 is 5.32 Å². The molecule has 3 aromatic heterocycles. The number of pyridine rings is 1. The summed E-state index contributed by atoms with van der Waals surface area (Å²) >= 11 is 4.70. The van der Waals surface area contributed by atoms with E-state index in [-0.39, 0.29) is 5.91 Å². The van der Waals surface area contributed by atoms with Crippen molar-refractivity contribution in [3.05, 3.63) is 45.2 Å². The summed E-state index contributed by atoms with van der Waals surface area (Å²) in [4.78, 5) is 12.6. The molecular formula is C11H7BrN4OS. The van der Waals surface area contributed by atoms with Crippen LogP contribution >= 0.6 is 27.3 Å². The largest absolute Gasteiger partial charge is 0.289 e. The molecule has 90 valence electrons. The number of amides is 1. The third-order valence-corrected chi connectivity index (χ3v) is 4.20. The Labute approximate surface area is 115 Å². The van der Waals surface area contributed by atoms with Gasteiger partial charge in [-0.15, -0.1) is 21.5 Å². The van der Waals surface area contributed by atoms with E-state index in [1.54, 1.807) is 10.6 Å². The molecule has 0 radical (unpaired) electrons. The monoisotopic (exact) mass is 322 g/mol. The quantitative estimate of drug-likeness (QED) is 0.789. The SMILES string of the molecule is O=C(Nc1nnc2ccccn12)c1sccc1Br. The molecule has 0 saturated carbocycles. The van der Waals surface area contributed by atoms with Crippen molar-refractivity contribution < 1.29 is 4.79 Å². The summed E-state index contributed by atoms with van der Waals surface area (Å²) in [5, 5.41) is 12.5. The Hall–Kier alpha value is -1.73. The standard InChI is InChI=1S/C11H7BrN4OS/c12-7-4-6-18-9(7)10(17)13-11-15-14-8-3-1-2-5-16(8)11/h1-6H,(H,13,15,17). The average Bonchev–Trinajstić information content (AvgIpc) is 2.97. The van der Waals surface area contributed by atoms with Crippen LogP contribution in [0.5, 0.6) is 0 Å². The van der Waals surface area contributed by atoms with Crippen molar-refractivity contribution in [1.29, 1.82) is 0 Å². The summed E-state index contributed by atoms with van der Waals surface area (Å²) in [6.07, 6.45) is 1.80. The first-order chi connectivity index (χ1) is 8.75. The molecule has 3 heterocycles. The van der Waals surface area contributed by atoms with E-state index in [9.17, 15) is 4.79 Å². The van der Waals surface area contributed by atoms with Gasteiger partial charge < -0.3 is 0 Å². The van der Waals surface area contributed by atoms with Gasteiger partial charge in [0.25, 0.3) is 5.91 Å². The first-order valence-corrected chi connectivity index (χ1v) is 6.77. The average molecular weight is 323 g/mol. The van der Waals surface area contributed by atoms with Crippen LogP contribution in [0.15, 0.2) is 40.3 Å². The minimum absolute atomic E-state index is 0.199. The zero-order valence-electron chi connectivity index (χ0n) is 9.00. The van der Waals surface area contributed by atoms with Crippen LogP contribution in [0.25, 0.3) is 5.65 Å². The van der Waals surface area contributed by atoms with E-state index in [2.05, 4.69) is 31.4 Å². The number of carbonyl (C=O) groups is 1. The van der Waals surface area contributed by atoms with Gasteiger partial charge in [0.1, 0.15) is 4.88 Å². The molecule has 0 unspecified atom stereocenters. The molecule has 0 spiro atoms. The van der Waals surface area contributed by atoms with E-state index in [1.165, 1.54) is 11.3 Å². The maximum absolute atomic E-state index is 12.0. The van der Waals surface area contributed by atoms with Gasteiger partial charge in [0.15, 0.2) is 5.65 Å². The van der Waals surface area contributed by atoms with Gasteiger partial charge in [0.2, 0.25) is 5.95 Å². The molecule has 0 bridgehead atoms. The van der Waals surface area contributed by atoms with E-state index in [4.69, 9.17) is 0 Å². The van der Waals surface area contributed by atoms with E-state index in [0.717, 1.165) is 4.47 Å². The number of rotatable bonds is 2. The molecule has 7 heteroatoms. The molecule has 0 aromatic carbocycles. The third-order valence-electron chi connectivity index (χ3n) is 2.36. The zero-order valence-corrected chi connectivity index (χ0v) is 11.4. The highest BCUT2D eigenvalue weighted by Gasteiger charge is 2.14. The summed E-state index contributed by atoms with van der Waals surface area (Å²) < 4.78 is 2.50. The highest BCUT2D eigenvalue weighted by molar-refractivity contribution is 9.10. The maximum atomic E-state index is 12.0. The number of anilines is 1. The van der Waals surface area contributed by atoms with Gasteiger partial charge in [-0.2, -0.15) is 0 Å². The van der Waals surface area contributed by atoms with Crippen LogP contribution in [-0.4, -0.2) is 20.5 Å². The van der Waals surface area contributed by atoms with Crippen molar-refractivity contribution in [1.82, 2.24) is 14.6 Å². The molecule has 0 aliphatic carbocycles. The predicted octanol–water partition coefficient (Wildman–Crippen LogP) is 2.81. The lowest BCUT2D eigenvalue weighted by molar-refractivity contribution is 0.102. The lowest BCUT2D eigenvalue weighted by Crippen LogP contribution is -2.13. The summed E-state index contributed by atoms with van der Waals surface area (Å²) in [6, 6.07) is 7.38. The Morgan fingerprint density at radius 3 is 3.00 bits per heavy atom. The number of fused-ring (bicyclic) bond motifs is 1. The van der Waals surface area contributed by atoms with Crippen LogP contribution in [0, 0.1) is 0 Å². The minimum atomic E-state index is -0.199. The molecule has 0 aliphatic rings. The van der Waals surface area contributed by atoms with Crippen molar-refractivity contribution in [3.63, 3.8) is 0 Å². The number of hydrogen-bond acceptors (Lipinski definition) is 4. The van der Waals surface area contributed by atoms with Crippen molar-refractivity contribution >= 4 is 44.8 Å². The Kier molecular flexibility index (Phi) is 2.85. The molecule has 0 saturated heterocycles. The van der Waals surface area contributed by atoms with Gasteiger partial charge in [0, 0.05) is 10.7 Å². The predicted molar refractivity (Wildman–Crippen MR) is 73.0 cm³/mol. The highest BCUT2D eigenvalue weighted by Crippen LogP contribution is 2.23. The number of carbonyl (C=O) groups excluding carboxylic acids is 1. The molecule has 1 amide bonds. The van der Waals surface area contributed by atoms with Crippen LogP contribution in [0.2, 0.25) is 0 Å². The van der Waals surface area contributed by atoms with Crippen LogP contribution in [-0.2, 0) is 0 Å². The Morgan fingerprint density at radius 2 is 2.22 bits per heavy atom. The second-order valence-corrected chi connectivity index (χ2v) is 5.27. The minimum Gasteiger partial charge on any atom is -0.289 e. The molecule has 5 nitrogen and oxygen atoms in total. The lowest BCUT2D eigenvalue weighted by atomic mass is 10.4. The van der Waals surface area contributed by atoms with Gasteiger partial charge in [0.05, 0.1) is 0 Å². The first kappa shape index (κ1) is 11.4. The summed E-state index contributed by atoms with van der Waals surface area (Å²) in [6.45, 7) is 0. The Morgan fingerprint density at radius 1 is 1.33 bits per heavy atom. The van der Waals surface area contributed by atoms with E-state index >= 15 is 0 Å². The number of halogens is 1. The third kappa shape index (κ3) is 1.91. The molecule has 0 atom stereocenters. The zero-order chi connectivity index (χ0) is 12.5. The second kappa shape index (κ2) is 4.51. The van der Waals surface area contributed by atoms with Crippen LogP contribution in [0.3, 0.4) is 0 Å². The van der Waals surface area contributed by atoms with Gasteiger partial charge in [-0.1, -0.05) is 6.07 Å². The summed E-state index contributed by atoms with van der Waals surface area (Å²) in [7, 11) is 0. The van der Waals surface area contributed by atoms with Gasteiger partial charge in [-0.05, 0) is 39.5 Å². The van der Waals surface area contributed by atoms with Gasteiger partial charge in [-0.25, -0.2) is 0 Å².